The Kier molecular flexibility index (Phi) is 16.7. The summed E-state index contributed by atoms with van der Waals surface area (Å²) < 4.78 is 18.1. The molecule has 6 atom stereocenters. The Labute approximate surface area is 369 Å². The molecule has 0 unspecified atom stereocenters. The molecule has 1 heterocycles. The molecular formula is C50H72N4O8. The van der Waals surface area contributed by atoms with Crippen LogP contribution in [0.5, 0.6) is 23.0 Å². The number of benzene rings is 2. The number of aliphatic imine (C=N–C) groups is 1. The summed E-state index contributed by atoms with van der Waals surface area (Å²) in [4.78, 5) is 19.6. The van der Waals surface area contributed by atoms with Gasteiger partial charge < -0.3 is 45.3 Å². The Bertz CT molecular complexity index is 1930. The van der Waals surface area contributed by atoms with Gasteiger partial charge in [-0.15, -0.1) is 0 Å². The molecule has 12 nitrogen and oxygen atoms in total. The number of unbranched alkanes of at least 4 members (excludes halogenated alkanes) is 2. The van der Waals surface area contributed by atoms with Crippen LogP contribution in [-0.4, -0.2) is 85.0 Å². The second-order valence-electron chi connectivity index (χ2n) is 18.4. The van der Waals surface area contributed by atoms with Gasteiger partial charge in [0.05, 0.1) is 19.4 Å². The molecule has 3 saturated carbocycles. The number of phenolic OH excluding ortho intramolecular Hbond substituents is 2. The third-order valence-corrected chi connectivity index (χ3v) is 14.4. The van der Waals surface area contributed by atoms with E-state index in [0.717, 1.165) is 94.6 Å². The van der Waals surface area contributed by atoms with Gasteiger partial charge in [-0.1, -0.05) is 63.5 Å². The molecule has 2 aromatic carbocycles. The van der Waals surface area contributed by atoms with Crippen molar-refractivity contribution < 1.29 is 39.4 Å². The molecule has 3 fully saturated rings. The number of ketones is 1. The Hall–Kier alpha value is -4.28. The van der Waals surface area contributed by atoms with E-state index < -0.39 is 17.3 Å². The lowest BCUT2D eigenvalue weighted by molar-refractivity contribution is -0.125. The van der Waals surface area contributed by atoms with Gasteiger partial charge in [0.1, 0.15) is 5.60 Å². The first kappa shape index (κ1) is 47.2. The highest BCUT2D eigenvalue weighted by atomic mass is 16.6. The first-order valence-corrected chi connectivity index (χ1v) is 23.2. The van der Waals surface area contributed by atoms with Crippen molar-refractivity contribution in [2.45, 2.75) is 140 Å². The molecule has 0 saturated heterocycles. The number of rotatable bonds is 17. The number of methoxy groups -OCH3 is 1. The maximum Gasteiger partial charge on any atom is 0.207 e. The van der Waals surface area contributed by atoms with Gasteiger partial charge in [-0.3, -0.25) is 15.1 Å². The van der Waals surface area contributed by atoms with Crippen molar-refractivity contribution in [3.8, 4) is 35.0 Å². The second-order valence-corrected chi connectivity index (χ2v) is 18.4. The van der Waals surface area contributed by atoms with Crippen LogP contribution in [0, 0.1) is 35.1 Å². The lowest BCUT2D eigenvalue weighted by atomic mass is 9.65. The van der Waals surface area contributed by atoms with Crippen molar-refractivity contribution in [2.75, 3.05) is 46.3 Å². The summed E-state index contributed by atoms with van der Waals surface area (Å²) >= 11 is 0. The van der Waals surface area contributed by atoms with E-state index in [-0.39, 0.29) is 47.1 Å². The number of nitrogens with zero attached hydrogens (tertiary/aromatic N) is 1. The molecular weight excluding hydrogens is 785 g/mol. The number of aliphatic hydroxyl groups is 2. The van der Waals surface area contributed by atoms with Crippen LogP contribution < -0.4 is 25.4 Å². The molecule has 4 aliphatic rings. The Balaban J connectivity index is 1.43. The lowest BCUT2D eigenvalue weighted by Crippen LogP contribution is -2.43. The number of hydrogen-bond acceptors (Lipinski definition) is 10. The van der Waals surface area contributed by atoms with Gasteiger partial charge >= 0.3 is 0 Å². The van der Waals surface area contributed by atoms with Crippen LogP contribution in [0.15, 0.2) is 47.5 Å². The van der Waals surface area contributed by atoms with Crippen molar-refractivity contribution in [1.82, 2.24) is 10.6 Å². The zero-order valence-corrected chi connectivity index (χ0v) is 37.6. The Morgan fingerprint density at radius 2 is 1.85 bits per heavy atom. The Morgan fingerprint density at radius 1 is 1.03 bits per heavy atom. The van der Waals surface area contributed by atoms with Crippen molar-refractivity contribution in [1.29, 1.82) is 0 Å². The van der Waals surface area contributed by atoms with Crippen LogP contribution >= 0.6 is 0 Å². The predicted octanol–water partition coefficient (Wildman–Crippen LogP) is 7.87. The SMILES string of the molecule is CCCCC[C@@H]1/C=C/C(=O)[C@]2(Cc3ccc(O)c(OC)c3)CCC[C@H]2CC#CNC(=NC)Nc2cc(cc(O[C@]3(CNC)CC[C@H](C[C@H](O)OCCCO)C3)c2O)C12CCCC2. The van der Waals surface area contributed by atoms with Gasteiger partial charge in [-0.05, 0) is 130 Å². The number of likely N-dealkylation sites (N-methyl/N-ethyl adjacent to an activating group) is 1. The highest BCUT2D eigenvalue weighted by Gasteiger charge is 2.49. The van der Waals surface area contributed by atoms with Crippen molar-refractivity contribution >= 4 is 17.4 Å². The number of hydrogen-bond donors (Lipinski definition) is 7. The van der Waals surface area contributed by atoms with Crippen LogP contribution in [-0.2, 0) is 21.4 Å². The number of guanidine groups is 1. The Morgan fingerprint density at radius 3 is 2.60 bits per heavy atom. The molecule has 6 rings (SSSR count). The first-order chi connectivity index (χ1) is 30.0. The molecule has 0 radical (unpaired) electrons. The van der Waals surface area contributed by atoms with E-state index in [0.29, 0.717) is 68.4 Å². The smallest absolute Gasteiger partial charge is 0.207 e. The van der Waals surface area contributed by atoms with Crippen molar-refractivity contribution in [3.63, 3.8) is 0 Å². The number of carbonyl (C=O) groups is 1. The highest BCUT2D eigenvalue weighted by molar-refractivity contribution is 5.97. The maximum atomic E-state index is 15.1. The van der Waals surface area contributed by atoms with Gasteiger partial charge in [0.15, 0.2) is 35.1 Å². The van der Waals surface area contributed by atoms with E-state index in [4.69, 9.17) is 14.2 Å². The third kappa shape index (κ3) is 10.9. The number of allylic oxidation sites excluding steroid dienone is 2. The largest absolute Gasteiger partial charge is 0.504 e. The number of aromatic hydroxyl groups is 2. The van der Waals surface area contributed by atoms with Gasteiger partial charge in [0.2, 0.25) is 5.96 Å². The summed E-state index contributed by atoms with van der Waals surface area (Å²) in [6.07, 6.45) is 18.0. The minimum Gasteiger partial charge on any atom is -0.504 e. The van der Waals surface area contributed by atoms with Gasteiger partial charge in [0, 0.05) is 49.9 Å². The average molecular weight is 857 g/mol. The lowest BCUT2D eigenvalue weighted by Gasteiger charge is -2.39. The maximum absolute atomic E-state index is 15.1. The summed E-state index contributed by atoms with van der Waals surface area (Å²) in [6.45, 7) is 3.07. The van der Waals surface area contributed by atoms with Crippen molar-refractivity contribution in [2.24, 2.45) is 28.2 Å². The molecule has 12 heteroatoms. The van der Waals surface area contributed by atoms with Gasteiger partial charge in [-0.2, -0.15) is 0 Å². The van der Waals surface area contributed by atoms with E-state index >= 15 is 4.79 Å². The molecule has 7 N–H and O–H groups in total. The van der Waals surface area contributed by atoms with E-state index in [9.17, 15) is 20.4 Å². The van der Waals surface area contributed by atoms with E-state index in [2.05, 4.69) is 58.0 Å². The number of fused-ring (bicyclic) bond motifs is 4. The standard InChI is InChI=1S/C50H72N4O8/c1-5-6-7-13-38-17-19-44(57)50(33-35-16-18-41(56)42(28-35)60-4)23-10-14-37(50)15-11-25-53-47(52-3)54-40-30-39(49(38)21-8-9-22-49)31-43(46(40)59)62-48(34-51-2)24-20-36(32-48)29-45(58)61-27-12-26-55/h16-19,28,30-31,36-38,45,51,55-56,58-59H,5-10,12-15,20-24,26-27,29,32-34H2,1-4H3,(H2,52,53,54)/b19-17+/t36-,37+,38-,45-,48-,50+/m1/s1. The minimum absolute atomic E-state index is 0.0124. The van der Waals surface area contributed by atoms with Crippen LogP contribution in [0.4, 0.5) is 5.69 Å². The number of aliphatic hydroxyl groups excluding tert-OH is 2. The zero-order valence-electron chi connectivity index (χ0n) is 37.6. The minimum atomic E-state index is -0.926. The number of anilines is 1. The molecule has 3 aliphatic carbocycles. The first-order valence-electron chi connectivity index (χ1n) is 23.2. The topological polar surface area (TPSA) is 174 Å². The van der Waals surface area contributed by atoms with E-state index in [1.54, 1.807) is 20.2 Å². The predicted molar refractivity (Wildman–Crippen MR) is 244 cm³/mol. The van der Waals surface area contributed by atoms with Crippen molar-refractivity contribution in [3.05, 3.63) is 53.6 Å². The molecule has 2 aromatic rings. The quantitative estimate of drug-likeness (QED) is 0.0357. The molecule has 2 bridgehead atoms. The number of ether oxygens (including phenoxy) is 3. The van der Waals surface area contributed by atoms with Gasteiger partial charge in [-0.25, -0.2) is 0 Å². The summed E-state index contributed by atoms with van der Waals surface area (Å²) in [5, 5.41) is 52.3. The summed E-state index contributed by atoms with van der Waals surface area (Å²) in [5.74, 6) is 4.89. The molecule has 0 amide bonds. The number of carbonyl (C=O) groups excluding carboxylic acids is 1. The molecule has 62 heavy (non-hydrogen) atoms. The normalized spacial score (nSPS) is 27.5. The second kappa shape index (κ2) is 21.9. The summed E-state index contributed by atoms with van der Waals surface area (Å²) in [7, 11) is 5.12. The van der Waals surface area contributed by atoms with E-state index in [1.165, 1.54) is 0 Å². The summed E-state index contributed by atoms with van der Waals surface area (Å²) in [5.41, 5.74) is 0.835. The molecule has 340 valence electrons. The zero-order chi connectivity index (χ0) is 44.2. The highest BCUT2D eigenvalue weighted by Crippen LogP contribution is 2.54. The van der Waals surface area contributed by atoms with Crippen LogP contribution in [0.3, 0.4) is 0 Å². The molecule has 1 aliphatic heterocycles. The average Bonchev–Trinajstić information content (AvgIpc) is 4.02. The fourth-order valence-corrected chi connectivity index (χ4v) is 11.2. The summed E-state index contributed by atoms with van der Waals surface area (Å²) in [6, 6.07) is 12.6. The fraction of sp³-hybridized carbons (Fsp3) is 0.640. The van der Waals surface area contributed by atoms with E-state index in [1.807, 2.05) is 25.3 Å². The van der Waals surface area contributed by atoms with Crippen LogP contribution in [0.25, 0.3) is 0 Å². The fourth-order valence-electron chi connectivity index (χ4n) is 11.2. The molecule has 1 spiro atoms. The monoisotopic (exact) mass is 857 g/mol. The number of nitrogens with one attached hydrogen (secondary N) is 3. The van der Waals surface area contributed by atoms with Crippen LogP contribution in [0.1, 0.15) is 127 Å². The third-order valence-electron chi connectivity index (χ3n) is 14.4. The molecule has 0 aromatic heterocycles. The van der Waals surface area contributed by atoms with Crippen LogP contribution in [0.2, 0.25) is 0 Å². The van der Waals surface area contributed by atoms with Gasteiger partial charge in [0.25, 0.3) is 0 Å². The number of phenols is 2.